The van der Waals surface area contributed by atoms with E-state index in [1.807, 2.05) is 0 Å². The topological polar surface area (TPSA) is 50.3 Å². The first-order valence-electron chi connectivity index (χ1n) is 5.74. The van der Waals surface area contributed by atoms with Crippen LogP contribution in [0.3, 0.4) is 0 Å². The second-order valence-electron chi connectivity index (χ2n) is 4.27. The lowest BCUT2D eigenvalue weighted by Gasteiger charge is -2.25. The molecule has 1 aromatic heterocycles. The van der Waals surface area contributed by atoms with Gasteiger partial charge in [0, 0.05) is 22.9 Å². The standard InChI is InChI=1S/C12H11ClN2O2S2/c13-9-2-1-3-10(6-9)19(16,17)15-5-4-11-12(7-15)18-8-14-11/h1-3,6,8H,4-5,7H2. The molecule has 4 nitrogen and oxygen atoms in total. The SMILES string of the molecule is O=S(=O)(c1cccc(Cl)c1)N1CCc2ncsc2C1. The van der Waals surface area contributed by atoms with Crippen LogP contribution in [0.5, 0.6) is 0 Å². The Kier molecular flexibility index (Phi) is 3.34. The lowest BCUT2D eigenvalue weighted by Crippen LogP contribution is -2.35. The van der Waals surface area contributed by atoms with Crippen LogP contribution in [0.15, 0.2) is 34.7 Å². The van der Waals surface area contributed by atoms with Gasteiger partial charge in [0.2, 0.25) is 10.0 Å². The van der Waals surface area contributed by atoms with Crippen molar-refractivity contribution in [2.75, 3.05) is 6.54 Å². The summed E-state index contributed by atoms with van der Waals surface area (Å²) in [6, 6.07) is 6.37. The molecule has 0 fully saturated rings. The number of aromatic nitrogens is 1. The van der Waals surface area contributed by atoms with Gasteiger partial charge in [-0.15, -0.1) is 11.3 Å². The van der Waals surface area contributed by atoms with Crippen LogP contribution in [0.4, 0.5) is 0 Å². The van der Waals surface area contributed by atoms with Gasteiger partial charge in [0.05, 0.1) is 22.6 Å². The summed E-state index contributed by atoms with van der Waals surface area (Å²) in [6.45, 7) is 0.862. The smallest absolute Gasteiger partial charge is 0.243 e. The van der Waals surface area contributed by atoms with Gasteiger partial charge in [-0.05, 0) is 18.2 Å². The van der Waals surface area contributed by atoms with E-state index in [2.05, 4.69) is 4.98 Å². The predicted molar refractivity (Wildman–Crippen MR) is 74.9 cm³/mol. The van der Waals surface area contributed by atoms with Crippen molar-refractivity contribution in [1.29, 1.82) is 0 Å². The number of nitrogens with zero attached hydrogens (tertiary/aromatic N) is 2. The lowest BCUT2D eigenvalue weighted by atomic mass is 10.2. The van der Waals surface area contributed by atoms with Crippen LogP contribution in [-0.4, -0.2) is 24.3 Å². The number of sulfonamides is 1. The van der Waals surface area contributed by atoms with Crippen LogP contribution in [-0.2, 0) is 23.0 Å². The number of thiazole rings is 1. The van der Waals surface area contributed by atoms with Gasteiger partial charge in [-0.2, -0.15) is 4.31 Å². The molecule has 19 heavy (non-hydrogen) atoms. The molecule has 1 aliphatic rings. The average molecular weight is 315 g/mol. The molecule has 0 amide bonds. The van der Waals surface area contributed by atoms with Gasteiger partial charge < -0.3 is 0 Å². The molecule has 2 heterocycles. The first-order valence-corrected chi connectivity index (χ1v) is 8.44. The number of hydrogen-bond acceptors (Lipinski definition) is 4. The zero-order valence-corrected chi connectivity index (χ0v) is 12.3. The van der Waals surface area contributed by atoms with Crippen LogP contribution in [0.25, 0.3) is 0 Å². The first-order chi connectivity index (χ1) is 9.07. The molecular weight excluding hydrogens is 304 g/mol. The molecule has 3 rings (SSSR count). The highest BCUT2D eigenvalue weighted by Gasteiger charge is 2.29. The molecule has 7 heteroatoms. The van der Waals surface area contributed by atoms with Crippen molar-refractivity contribution in [2.45, 2.75) is 17.9 Å². The zero-order chi connectivity index (χ0) is 13.5. The fourth-order valence-corrected chi connectivity index (χ4v) is 4.70. The minimum atomic E-state index is -3.48. The molecule has 0 atom stereocenters. The normalized spacial score (nSPS) is 16.3. The molecule has 0 saturated carbocycles. The van der Waals surface area contributed by atoms with E-state index >= 15 is 0 Å². The molecule has 0 aliphatic carbocycles. The van der Waals surface area contributed by atoms with Gasteiger partial charge in [-0.1, -0.05) is 17.7 Å². The van der Waals surface area contributed by atoms with Crippen molar-refractivity contribution in [3.63, 3.8) is 0 Å². The van der Waals surface area contributed by atoms with Gasteiger partial charge in [-0.3, -0.25) is 0 Å². The zero-order valence-electron chi connectivity index (χ0n) is 9.91. The molecule has 1 aromatic carbocycles. The molecule has 100 valence electrons. The minimum Gasteiger partial charge on any atom is -0.249 e. The Labute approximate surface area is 120 Å². The number of halogens is 1. The Hall–Kier alpha value is -0.950. The Balaban J connectivity index is 1.94. The number of rotatable bonds is 2. The lowest BCUT2D eigenvalue weighted by molar-refractivity contribution is 0.393. The van der Waals surface area contributed by atoms with Crippen molar-refractivity contribution >= 4 is 33.0 Å². The summed E-state index contributed by atoms with van der Waals surface area (Å²) in [5.41, 5.74) is 2.78. The first kappa shape index (κ1) is 13.1. The van der Waals surface area contributed by atoms with Gasteiger partial charge in [-0.25, -0.2) is 13.4 Å². The monoisotopic (exact) mass is 314 g/mol. The largest absolute Gasteiger partial charge is 0.249 e. The summed E-state index contributed by atoms with van der Waals surface area (Å²) in [4.78, 5) is 5.50. The van der Waals surface area contributed by atoms with Crippen molar-refractivity contribution in [3.05, 3.63) is 45.4 Å². The Bertz CT molecular complexity index is 712. The maximum atomic E-state index is 12.5. The fourth-order valence-electron chi connectivity index (χ4n) is 2.08. The highest BCUT2D eigenvalue weighted by molar-refractivity contribution is 7.89. The summed E-state index contributed by atoms with van der Waals surface area (Å²) in [7, 11) is -3.48. The molecule has 2 aromatic rings. The number of benzene rings is 1. The van der Waals surface area contributed by atoms with Crippen LogP contribution >= 0.6 is 22.9 Å². The molecule has 0 spiro atoms. The van der Waals surface area contributed by atoms with E-state index in [-0.39, 0.29) is 4.90 Å². The van der Waals surface area contributed by atoms with Gasteiger partial charge >= 0.3 is 0 Å². The quantitative estimate of drug-likeness (QED) is 0.856. The molecule has 0 unspecified atom stereocenters. The highest BCUT2D eigenvalue weighted by atomic mass is 35.5. The third-order valence-electron chi connectivity index (χ3n) is 3.08. The second kappa shape index (κ2) is 4.86. The van der Waals surface area contributed by atoms with E-state index in [9.17, 15) is 8.42 Å². The van der Waals surface area contributed by atoms with Crippen LogP contribution < -0.4 is 0 Å². The number of hydrogen-bond donors (Lipinski definition) is 0. The minimum absolute atomic E-state index is 0.243. The third-order valence-corrected chi connectivity index (χ3v) is 6.01. The van der Waals surface area contributed by atoms with E-state index < -0.39 is 10.0 Å². The molecule has 1 aliphatic heterocycles. The second-order valence-corrected chi connectivity index (χ2v) is 7.58. The molecule has 0 radical (unpaired) electrons. The molecule has 0 saturated heterocycles. The van der Waals surface area contributed by atoms with Crippen LogP contribution in [0, 0.1) is 0 Å². The summed E-state index contributed by atoms with van der Waals surface area (Å²) >= 11 is 7.36. The van der Waals surface area contributed by atoms with Gasteiger partial charge in [0.25, 0.3) is 0 Å². The molecule has 0 bridgehead atoms. The van der Waals surface area contributed by atoms with E-state index in [4.69, 9.17) is 11.6 Å². The van der Waals surface area contributed by atoms with Crippen molar-refractivity contribution in [3.8, 4) is 0 Å². The maximum Gasteiger partial charge on any atom is 0.243 e. The highest BCUT2D eigenvalue weighted by Crippen LogP contribution is 2.27. The van der Waals surface area contributed by atoms with E-state index in [1.54, 1.807) is 23.7 Å². The van der Waals surface area contributed by atoms with Crippen molar-refractivity contribution in [1.82, 2.24) is 9.29 Å². The Morgan fingerprint density at radius 3 is 3.00 bits per heavy atom. The van der Waals surface area contributed by atoms with Crippen LogP contribution in [0.2, 0.25) is 5.02 Å². The van der Waals surface area contributed by atoms with Crippen molar-refractivity contribution < 1.29 is 8.42 Å². The molecular formula is C12H11ClN2O2S2. The molecule has 0 N–H and O–H groups in total. The summed E-state index contributed by atoms with van der Waals surface area (Å²) < 4.78 is 26.5. The average Bonchev–Trinajstić information content (AvgIpc) is 2.85. The number of fused-ring (bicyclic) bond motifs is 1. The maximum absolute atomic E-state index is 12.5. The third kappa shape index (κ3) is 2.41. The van der Waals surface area contributed by atoms with Crippen molar-refractivity contribution in [2.24, 2.45) is 0 Å². The van der Waals surface area contributed by atoms with E-state index in [0.29, 0.717) is 24.5 Å². The van der Waals surface area contributed by atoms with E-state index in [0.717, 1.165) is 10.6 Å². The summed E-state index contributed by atoms with van der Waals surface area (Å²) in [6.07, 6.45) is 0.665. The Morgan fingerprint density at radius 1 is 1.37 bits per heavy atom. The summed E-state index contributed by atoms with van der Waals surface area (Å²) in [5.74, 6) is 0. The van der Waals surface area contributed by atoms with E-state index in [1.165, 1.54) is 21.7 Å². The Morgan fingerprint density at radius 2 is 2.21 bits per heavy atom. The predicted octanol–water partition coefficient (Wildman–Crippen LogP) is 2.54. The fraction of sp³-hybridized carbons (Fsp3) is 0.250. The van der Waals surface area contributed by atoms with Gasteiger partial charge in [0.1, 0.15) is 0 Å². The van der Waals surface area contributed by atoms with Crippen LogP contribution in [0.1, 0.15) is 10.6 Å². The van der Waals surface area contributed by atoms with Gasteiger partial charge in [0.15, 0.2) is 0 Å². The summed E-state index contributed by atoms with van der Waals surface area (Å²) in [5, 5.41) is 0.427.